The van der Waals surface area contributed by atoms with E-state index in [1.165, 1.54) is 29.2 Å². The van der Waals surface area contributed by atoms with E-state index >= 15 is 0 Å². The average molecular weight is 369 g/mol. The Morgan fingerprint density at radius 1 is 1.26 bits per heavy atom. The summed E-state index contributed by atoms with van der Waals surface area (Å²) in [5.74, 6) is 0.612. The SMILES string of the molecule is Cc1cccc(-c2noc(CN(C)C(=O)C(C)Oc3ccc(F)cc3)n2)c1. The van der Waals surface area contributed by atoms with Crippen molar-refractivity contribution >= 4 is 5.91 Å². The lowest BCUT2D eigenvalue weighted by molar-refractivity contribution is -0.137. The summed E-state index contributed by atoms with van der Waals surface area (Å²) in [5, 5.41) is 3.97. The predicted molar refractivity (Wildman–Crippen MR) is 97.4 cm³/mol. The highest BCUT2D eigenvalue weighted by Gasteiger charge is 2.21. The third-order valence-electron chi connectivity index (χ3n) is 3.97. The smallest absolute Gasteiger partial charge is 0.263 e. The highest BCUT2D eigenvalue weighted by Crippen LogP contribution is 2.18. The van der Waals surface area contributed by atoms with Crippen LogP contribution < -0.4 is 4.74 Å². The van der Waals surface area contributed by atoms with Gasteiger partial charge in [0.25, 0.3) is 5.91 Å². The number of aromatic nitrogens is 2. The number of amides is 1. The fraction of sp³-hybridized carbons (Fsp3) is 0.250. The maximum atomic E-state index is 12.9. The number of hydrogen-bond acceptors (Lipinski definition) is 5. The van der Waals surface area contributed by atoms with Gasteiger partial charge in [0.05, 0.1) is 6.54 Å². The minimum atomic E-state index is -0.736. The Morgan fingerprint density at radius 3 is 2.70 bits per heavy atom. The summed E-state index contributed by atoms with van der Waals surface area (Å²) >= 11 is 0. The molecule has 1 atom stereocenters. The maximum Gasteiger partial charge on any atom is 0.263 e. The lowest BCUT2D eigenvalue weighted by Gasteiger charge is -2.20. The second-order valence-corrected chi connectivity index (χ2v) is 6.29. The molecule has 27 heavy (non-hydrogen) atoms. The van der Waals surface area contributed by atoms with E-state index in [2.05, 4.69) is 10.1 Å². The largest absolute Gasteiger partial charge is 0.481 e. The number of ether oxygens (including phenoxy) is 1. The second kappa shape index (κ2) is 7.99. The monoisotopic (exact) mass is 369 g/mol. The van der Waals surface area contributed by atoms with Gasteiger partial charge in [0, 0.05) is 12.6 Å². The zero-order chi connectivity index (χ0) is 19.4. The number of benzene rings is 2. The molecule has 0 saturated carbocycles. The van der Waals surface area contributed by atoms with Crippen molar-refractivity contribution in [2.24, 2.45) is 0 Å². The van der Waals surface area contributed by atoms with Gasteiger partial charge in [-0.15, -0.1) is 0 Å². The molecule has 2 aromatic carbocycles. The summed E-state index contributed by atoms with van der Waals surface area (Å²) in [6.45, 7) is 3.78. The first-order valence-electron chi connectivity index (χ1n) is 8.49. The fourth-order valence-electron chi connectivity index (χ4n) is 2.58. The number of aryl methyl sites for hydroxylation is 1. The minimum absolute atomic E-state index is 0.161. The van der Waals surface area contributed by atoms with E-state index in [9.17, 15) is 9.18 Å². The Morgan fingerprint density at radius 2 is 2.00 bits per heavy atom. The number of nitrogens with zero attached hydrogens (tertiary/aromatic N) is 3. The van der Waals surface area contributed by atoms with Gasteiger partial charge in [0.2, 0.25) is 11.7 Å². The van der Waals surface area contributed by atoms with Crippen LogP contribution in [0.3, 0.4) is 0 Å². The molecule has 0 aliphatic rings. The lowest BCUT2D eigenvalue weighted by atomic mass is 10.1. The van der Waals surface area contributed by atoms with Crippen molar-refractivity contribution < 1.29 is 18.4 Å². The minimum Gasteiger partial charge on any atom is -0.481 e. The van der Waals surface area contributed by atoms with Crippen molar-refractivity contribution in [3.8, 4) is 17.1 Å². The molecule has 0 aliphatic carbocycles. The number of carbonyl (C=O) groups is 1. The standard InChI is InChI=1S/C20H20FN3O3/c1-13-5-4-6-15(11-13)19-22-18(27-23-19)12-24(3)20(25)14(2)26-17-9-7-16(21)8-10-17/h4-11,14H,12H2,1-3H3. The van der Waals surface area contributed by atoms with Gasteiger partial charge in [-0.25, -0.2) is 4.39 Å². The van der Waals surface area contributed by atoms with Crippen LogP contribution in [0.4, 0.5) is 4.39 Å². The Hall–Kier alpha value is -3.22. The third kappa shape index (κ3) is 4.69. The molecule has 0 N–H and O–H groups in total. The van der Waals surface area contributed by atoms with Gasteiger partial charge in [0.1, 0.15) is 11.6 Å². The number of hydrogen-bond donors (Lipinski definition) is 0. The first-order valence-corrected chi connectivity index (χ1v) is 8.49. The number of carbonyl (C=O) groups excluding carboxylic acids is 1. The van der Waals surface area contributed by atoms with Gasteiger partial charge in [-0.2, -0.15) is 4.98 Å². The van der Waals surface area contributed by atoms with Crippen LogP contribution in [0, 0.1) is 12.7 Å². The quantitative estimate of drug-likeness (QED) is 0.664. The Kier molecular flexibility index (Phi) is 5.49. The molecule has 1 amide bonds. The molecular weight excluding hydrogens is 349 g/mol. The van der Waals surface area contributed by atoms with Crippen LogP contribution in [-0.2, 0) is 11.3 Å². The molecule has 0 saturated heterocycles. The van der Waals surface area contributed by atoms with Gasteiger partial charge in [-0.1, -0.05) is 28.9 Å². The summed E-state index contributed by atoms with van der Waals surface area (Å²) in [6.07, 6.45) is -0.736. The third-order valence-corrected chi connectivity index (χ3v) is 3.97. The number of rotatable bonds is 6. The Labute approximate surface area is 156 Å². The normalized spacial score (nSPS) is 11.9. The lowest BCUT2D eigenvalue weighted by Crippen LogP contribution is -2.37. The maximum absolute atomic E-state index is 12.9. The number of likely N-dealkylation sites (N-methyl/N-ethyl adjacent to an activating group) is 1. The molecule has 1 unspecified atom stereocenters. The van der Waals surface area contributed by atoms with Crippen LogP contribution in [0.1, 0.15) is 18.4 Å². The van der Waals surface area contributed by atoms with Gasteiger partial charge in [-0.3, -0.25) is 4.79 Å². The van der Waals surface area contributed by atoms with Gasteiger partial charge >= 0.3 is 0 Å². The number of halogens is 1. The van der Waals surface area contributed by atoms with Crippen molar-refractivity contribution in [3.63, 3.8) is 0 Å². The first kappa shape index (κ1) is 18.6. The first-order chi connectivity index (χ1) is 12.9. The van der Waals surface area contributed by atoms with Crippen molar-refractivity contribution in [2.45, 2.75) is 26.5 Å². The molecule has 0 spiro atoms. The highest BCUT2D eigenvalue weighted by molar-refractivity contribution is 5.80. The Bertz CT molecular complexity index is 924. The summed E-state index contributed by atoms with van der Waals surface area (Å²) in [7, 11) is 1.63. The molecule has 7 heteroatoms. The summed E-state index contributed by atoms with van der Waals surface area (Å²) in [5.41, 5.74) is 1.95. The fourth-order valence-corrected chi connectivity index (χ4v) is 2.58. The molecule has 1 heterocycles. The van der Waals surface area contributed by atoms with Crippen molar-refractivity contribution in [1.82, 2.24) is 15.0 Å². The topological polar surface area (TPSA) is 68.5 Å². The molecule has 3 aromatic rings. The van der Waals surface area contributed by atoms with Crippen molar-refractivity contribution in [1.29, 1.82) is 0 Å². The molecule has 1 aromatic heterocycles. The van der Waals surface area contributed by atoms with Crippen LogP contribution in [0.15, 0.2) is 53.1 Å². The van der Waals surface area contributed by atoms with Gasteiger partial charge < -0.3 is 14.2 Å². The predicted octanol–water partition coefficient (Wildman–Crippen LogP) is 3.61. The van der Waals surface area contributed by atoms with Crippen molar-refractivity contribution in [2.75, 3.05) is 7.05 Å². The molecule has 6 nitrogen and oxygen atoms in total. The van der Waals surface area contributed by atoms with E-state index in [1.807, 2.05) is 31.2 Å². The van der Waals surface area contributed by atoms with E-state index in [0.29, 0.717) is 17.5 Å². The van der Waals surface area contributed by atoms with E-state index in [1.54, 1.807) is 14.0 Å². The van der Waals surface area contributed by atoms with Gasteiger partial charge in [-0.05, 0) is 44.2 Å². The van der Waals surface area contributed by atoms with Crippen LogP contribution in [0.5, 0.6) is 5.75 Å². The highest BCUT2D eigenvalue weighted by atomic mass is 19.1. The van der Waals surface area contributed by atoms with Gasteiger partial charge in [0.15, 0.2) is 6.10 Å². The van der Waals surface area contributed by atoms with Crippen LogP contribution in [-0.4, -0.2) is 34.1 Å². The van der Waals surface area contributed by atoms with Crippen LogP contribution >= 0.6 is 0 Å². The molecule has 0 aliphatic heterocycles. The zero-order valence-corrected chi connectivity index (χ0v) is 15.3. The van der Waals surface area contributed by atoms with E-state index in [0.717, 1.165) is 11.1 Å². The molecule has 0 fully saturated rings. The Balaban J connectivity index is 1.61. The van der Waals surface area contributed by atoms with Crippen LogP contribution in [0.2, 0.25) is 0 Å². The zero-order valence-electron chi connectivity index (χ0n) is 15.3. The second-order valence-electron chi connectivity index (χ2n) is 6.29. The van der Waals surface area contributed by atoms with Crippen molar-refractivity contribution in [3.05, 3.63) is 65.8 Å². The molecule has 3 rings (SSSR count). The summed E-state index contributed by atoms with van der Waals surface area (Å²) < 4.78 is 23.8. The molecule has 0 bridgehead atoms. The van der Waals surface area contributed by atoms with E-state index in [4.69, 9.17) is 9.26 Å². The molecular formula is C20H20FN3O3. The van der Waals surface area contributed by atoms with E-state index < -0.39 is 6.10 Å². The molecule has 140 valence electrons. The average Bonchev–Trinajstić information content (AvgIpc) is 3.11. The van der Waals surface area contributed by atoms with E-state index in [-0.39, 0.29) is 18.3 Å². The summed E-state index contributed by atoms with van der Waals surface area (Å²) in [6, 6.07) is 13.3. The summed E-state index contributed by atoms with van der Waals surface area (Å²) in [4.78, 5) is 18.3. The van der Waals surface area contributed by atoms with Crippen LogP contribution in [0.25, 0.3) is 11.4 Å². The molecule has 0 radical (unpaired) electrons.